The standard InChI is InChI=1S/C20H21ClN4O2S/c1-4-25-19(14-8-10-15(27-3)11-9-14)23-24-20(25)28-12-18(26)22-17-7-5-6-16(21)13(17)2/h5-11H,4,12H2,1-3H3,(H,22,26). The van der Waals surface area contributed by atoms with E-state index >= 15 is 0 Å². The van der Waals surface area contributed by atoms with E-state index in [2.05, 4.69) is 15.5 Å². The molecule has 1 heterocycles. The first-order valence-corrected chi connectivity index (χ1v) is 10.1. The number of thioether (sulfide) groups is 1. The van der Waals surface area contributed by atoms with Gasteiger partial charge in [0.05, 0.1) is 12.9 Å². The molecule has 0 aliphatic heterocycles. The summed E-state index contributed by atoms with van der Waals surface area (Å²) in [5.41, 5.74) is 2.51. The van der Waals surface area contributed by atoms with Gasteiger partial charge in [-0.3, -0.25) is 4.79 Å². The van der Waals surface area contributed by atoms with Crippen molar-refractivity contribution in [2.24, 2.45) is 0 Å². The van der Waals surface area contributed by atoms with Gasteiger partial charge in [0.25, 0.3) is 0 Å². The van der Waals surface area contributed by atoms with Crippen molar-refractivity contribution in [1.82, 2.24) is 14.8 Å². The Balaban J connectivity index is 1.69. The number of halogens is 1. The Morgan fingerprint density at radius 2 is 1.96 bits per heavy atom. The summed E-state index contributed by atoms with van der Waals surface area (Å²) in [5.74, 6) is 1.66. The Bertz CT molecular complexity index is 973. The van der Waals surface area contributed by atoms with E-state index in [0.29, 0.717) is 22.4 Å². The number of ether oxygens (including phenoxy) is 1. The number of aromatic nitrogens is 3. The van der Waals surface area contributed by atoms with Crippen LogP contribution in [0.4, 0.5) is 5.69 Å². The van der Waals surface area contributed by atoms with Gasteiger partial charge >= 0.3 is 0 Å². The normalized spacial score (nSPS) is 10.7. The minimum Gasteiger partial charge on any atom is -0.497 e. The average molecular weight is 417 g/mol. The zero-order chi connectivity index (χ0) is 20.1. The van der Waals surface area contributed by atoms with E-state index in [4.69, 9.17) is 16.3 Å². The lowest BCUT2D eigenvalue weighted by Crippen LogP contribution is -2.15. The quantitative estimate of drug-likeness (QED) is 0.567. The topological polar surface area (TPSA) is 69.0 Å². The lowest BCUT2D eigenvalue weighted by Gasteiger charge is -2.10. The van der Waals surface area contributed by atoms with Gasteiger partial charge in [0.15, 0.2) is 11.0 Å². The predicted molar refractivity (Wildman–Crippen MR) is 113 cm³/mol. The van der Waals surface area contributed by atoms with Crippen LogP contribution in [0.2, 0.25) is 5.02 Å². The van der Waals surface area contributed by atoms with Crippen molar-refractivity contribution < 1.29 is 9.53 Å². The lowest BCUT2D eigenvalue weighted by molar-refractivity contribution is -0.113. The smallest absolute Gasteiger partial charge is 0.234 e. The molecule has 0 saturated heterocycles. The molecular weight excluding hydrogens is 396 g/mol. The second-order valence-electron chi connectivity index (χ2n) is 6.03. The molecule has 0 radical (unpaired) electrons. The van der Waals surface area contributed by atoms with Crippen LogP contribution in [-0.4, -0.2) is 33.5 Å². The third-order valence-electron chi connectivity index (χ3n) is 4.26. The highest BCUT2D eigenvalue weighted by molar-refractivity contribution is 7.99. The van der Waals surface area contributed by atoms with E-state index in [1.807, 2.05) is 54.8 Å². The molecule has 1 amide bonds. The Morgan fingerprint density at radius 3 is 2.64 bits per heavy atom. The van der Waals surface area contributed by atoms with E-state index in [-0.39, 0.29) is 11.7 Å². The molecule has 0 aliphatic rings. The van der Waals surface area contributed by atoms with E-state index in [9.17, 15) is 4.79 Å². The fourth-order valence-electron chi connectivity index (χ4n) is 2.69. The number of hydrogen-bond acceptors (Lipinski definition) is 5. The van der Waals surface area contributed by atoms with Gasteiger partial charge in [-0.1, -0.05) is 29.4 Å². The second-order valence-corrected chi connectivity index (χ2v) is 7.38. The highest BCUT2D eigenvalue weighted by Crippen LogP contribution is 2.26. The molecule has 0 unspecified atom stereocenters. The summed E-state index contributed by atoms with van der Waals surface area (Å²) in [6, 6.07) is 13.1. The summed E-state index contributed by atoms with van der Waals surface area (Å²) >= 11 is 7.46. The second kappa shape index (κ2) is 9.12. The van der Waals surface area contributed by atoms with Gasteiger partial charge in [-0.05, 0) is 55.8 Å². The molecule has 28 heavy (non-hydrogen) atoms. The molecule has 6 nitrogen and oxygen atoms in total. The summed E-state index contributed by atoms with van der Waals surface area (Å²) in [7, 11) is 1.63. The number of anilines is 1. The highest BCUT2D eigenvalue weighted by atomic mass is 35.5. The zero-order valence-corrected chi connectivity index (χ0v) is 17.5. The highest BCUT2D eigenvalue weighted by Gasteiger charge is 2.15. The minimum absolute atomic E-state index is 0.119. The molecule has 0 bridgehead atoms. The van der Waals surface area contributed by atoms with Crippen molar-refractivity contribution in [3.05, 3.63) is 53.1 Å². The van der Waals surface area contributed by atoms with Gasteiger partial charge < -0.3 is 14.6 Å². The molecule has 3 aromatic rings. The molecule has 0 fully saturated rings. The third kappa shape index (κ3) is 4.48. The molecule has 2 aromatic carbocycles. The van der Waals surface area contributed by atoms with E-state index in [0.717, 1.165) is 22.7 Å². The van der Waals surface area contributed by atoms with Crippen LogP contribution in [0.25, 0.3) is 11.4 Å². The number of carbonyl (C=O) groups excluding carboxylic acids is 1. The third-order valence-corrected chi connectivity index (χ3v) is 5.63. The first-order valence-electron chi connectivity index (χ1n) is 8.78. The molecule has 0 aliphatic carbocycles. The maximum absolute atomic E-state index is 12.3. The molecule has 0 atom stereocenters. The fraction of sp³-hybridized carbons (Fsp3) is 0.250. The van der Waals surface area contributed by atoms with Crippen LogP contribution in [0.15, 0.2) is 47.6 Å². The predicted octanol–water partition coefficient (Wildman–Crippen LogP) is 4.67. The monoisotopic (exact) mass is 416 g/mol. The SMILES string of the molecule is CCn1c(SCC(=O)Nc2cccc(Cl)c2C)nnc1-c1ccc(OC)cc1. The summed E-state index contributed by atoms with van der Waals surface area (Å²) in [6.07, 6.45) is 0. The van der Waals surface area contributed by atoms with Crippen LogP contribution in [0, 0.1) is 6.92 Å². The molecular formula is C20H21ClN4O2S. The van der Waals surface area contributed by atoms with Crippen molar-refractivity contribution in [2.75, 3.05) is 18.2 Å². The van der Waals surface area contributed by atoms with Crippen LogP contribution in [0.3, 0.4) is 0 Å². The molecule has 0 spiro atoms. The van der Waals surface area contributed by atoms with E-state index in [1.165, 1.54) is 11.8 Å². The first kappa shape index (κ1) is 20.2. The lowest BCUT2D eigenvalue weighted by atomic mass is 10.2. The Hall–Kier alpha value is -2.51. The fourth-order valence-corrected chi connectivity index (χ4v) is 3.67. The Morgan fingerprint density at radius 1 is 1.21 bits per heavy atom. The molecule has 0 saturated carbocycles. The molecule has 1 N–H and O–H groups in total. The van der Waals surface area contributed by atoms with Crippen LogP contribution < -0.4 is 10.1 Å². The number of hydrogen-bond donors (Lipinski definition) is 1. The number of amides is 1. The number of methoxy groups -OCH3 is 1. The van der Waals surface area contributed by atoms with E-state index < -0.39 is 0 Å². The van der Waals surface area contributed by atoms with Crippen molar-refractivity contribution in [3.63, 3.8) is 0 Å². The Labute approximate surface area is 173 Å². The molecule has 8 heteroatoms. The summed E-state index contributed by atoms with van der Waals surface area (Å²) in [5, 5.41) is 12.8. The van der Waals surface area contributed by atoms with Gasteiger partial charge in [0.2, 0.25) is 5.91 Å². The zero-order valence-electron chi connectivity index (χ0n) is 15.9. The molecule has 1 aromatic heterocycles. The van der Waals surface area contributed by atoms with Crippen molar-refractivity contribution >= 4 is 35.0 Å². The number of nitrogens with one attached hydrogen (secondary N) is 1. The van der Waals surface area contributed by atoms with E-state index in [1.54, 1.807) is 13.2 Å². The number of benzene rings is 2. The number of nitrogens with zero attached hydrogens (tertiary/aromatic N) is 3. The summed E-state index contributed by atoms with van der Waals surface area (Å²) in [6.45, 7) is 4.60. The van der Waals surface area contributed by atoms with Crippen LogP contribution >= 0.6 is 23.4 Å². The van der Waals surface area contributed by atoms with Crippen LogP contribution in [-0.2, 0) is 11.3 Å². The maximum Gasteiger partial charge on any atom is 0.234 e. The maximum atomic E-state index is 12.3. The average Bonchev–Trinajstić information content (AvgIpc) is 3.13. The van der Waals surface area contributed by atoms with Gasteiger partial charge in [-0.2, -0.15) is 0 Å². The molecule has 146 valence electrons. The van der Waals surface area contributed by atoms with Crippen molar-refractivity contribution in [3.8, 4) is 17.1 Å². The van der Waals surface area contributed by atoms with Gasteiger partial charge in [0.1, 0.15) is 5.75 Å². The van der Waals surface area contributed by atoms with Crippen LogP contribution in [0.5, 0.6) is 5.75 Å². The minimum atomic E-state index is -0.119. The largest absolute Gasteiger partial charge is 0.497 e. The van der Waals surface area contributed by atoms with Crippen LogP contribution in [0.1, 0.15) is 12.5 Å². The van der Waals surface area contributed by atoms with Crippen molar-refractivity contribution in [1.29, 1.82) is 0 Å². The number of rotatable bonds is 7. The van der Waals surface area contributed by atoms with Gasteiger partial charge in [0, 0.05) is 22.8 Å². The summed E-state index contributed by atoms with van der Waals surface area (Å²) in [4.78, 5) is 12.3. The van der Waals surface area contributed by atoms with Crippen molar-refractivity contribution in [2.45, 2.75) is 25.5 Å². The Kier molecular flexibility index (Phi) is 6.59. The number of carbonyl (C=O) groups is 1. The first-order chi connectivity index (χ1) is 13.5. The molecule has 3 rings (SSSR count). The van der Waals surface area contributed by atoms with Gasteiger partial charge in [-0.15, -0.1) is 10.2 Å². The van der Waals surface area contributed by atoms with Gasteiger partial charge in [-0.25, -0.2) is 0 Å². The summed E-state index contributed by atoms with van der Waals surface area (Å²) < 4.78 is 7.19.